The number of para-hydroxylation sites is 1. The normalized spacial score (nSPS) is 11.6. The van der Waals surface area contributed by atoms with Crippen LogP contribution in [0.15, 0.2) is 78.9 Å². The molecule has 0 aliphatic heterocycles. The first-order valence-electron chi connectivity index (χ1n) is 7.70. The Hall–Kier alpha value is -3.71. The lowest BCUT2D eigenvalue weighted by Gasteiger charge is -2.02. The smallest absolute Gasteiger partial charge is 0.258 e. The second-order valence-electron chi connectivity index (χ2n) is 5.43. The van der Waals surface area contributed by atoms with Crippen LogP contribution in [0.25, 0.3) is 22.4 Å². The van der Waals surface area contributed by atoms with Crippen LogP contribution in [-0.2, 0) is 0 Å². The molecule has 0 saturated carbocycles. The topological polar surface area (TPSA) is 66.9 Å². The lowest BCUT2D eigenvalue weighted by atomic mass is 10.0. The molecule has 120 valence electrons. The van der Waals surface area contributed by atoms with Gasteiger partial charge in [-0.25, -0.2) is 0 Å². The van der Waals surface area contributed by atoms with Gasteiger partial charge in [-0.05, 0) is 40.6 Å². The van der Waals surface area contributed by atoms with Crippen molar-refractivity contribution in [3.05, 3.63) is 100 Å². The first-order valence-corrected chi connectivity index (χ1v) is 7.70. The van der Waals surface area contributed by atoms with Gasteiger partial charge in [-0.2, -0.15) is 5.26 Å². The molecule has 4 nitrogen and oxygen atoms in total. The van der Waals surface area contributed by atoms with Crippen LogP contribution in [0.5, 0.6) is 0 Å². The van der Waals surface area contributed by atoms with Crippen LogP contribution in [-0.4, -0.2) is 4.92 Å². The average Bonchev–Trinajstić information content (AvgIpc) is 2.65. The summed E-state index contributed by atoms with van der Waals surface area (Å²) >= 11 is 0. The Balaban J connectivity index is 1.93. The van der Waals surface area contributed by atoms with Crippen LogP contribution >= 0.6 is 0 Å². The second kappa shape index (κ2) is 7.24. The fourth-order valence-electron chi connectivity index (χ4n) is 2.60. The minimum absolute atomic E-state index is 0.0383. The Labute approximate surface area is 145 Å². The van der Waals surface area contributed by atoms with Crippen LogP contribution < -0.4 is 0 Å². The molecule has 0 saturated heterocycles. The minimum atomic E-state index is -0.419. The number of benzene rings is 3. The van der Waals surface area contributed by atoms with E-state index in [1.54, 1.807) is 36.4 Å². The third kappa shape index (κ3) is 3.62. The van der Waals surface area contributed by atoms with E-state index in [9.17, 15) is 15.4 Å². The molecule has 0 bridgehead atoms. The zero-order valence-electron chi connectivity index (χ0n) is 13.3. The Kier molecular flexibility index (Phi) is 4.68. The standard InChI is InChI=1S/C21H14N2O2/c22-15-20(19-13-12-16-6-1-2-8-18(16)14-19)10-5-9-17-7-3-4-11-21(17)23(24)25/h1-14H/b9-5+,20-10-. The second-order valence-corrected chi connectivity index (χ2v) is 5.43. The highest BCUT2D eigenvalue weighted by Crippen LogP contribution is 2.22. The molecule has 3 aromatic rings. The van der Waals surface area contributed by atoms with Gasteiger partial charge in [0.15, 0.2) is 0 Å². The van der Waals surface area contributed by atoms with Gasteiger partial charge in [-0.1, -0.05) is 54.6 Å². The van der Waals surface area contributed by atoms with Crippen molar-refractivity contribution in [2.75, 3.05) is 0 Å². The van der Waals surface area contributed by atoms with E-state index < -0.39 is 4.92 Å². The van der Waals surface area contributed by atoms with Crippen LogP contribution in [0.3, 0.4) is 0 Å². The van der Waals surface area contributed by atoms with Gasteiger partial charge in [0.2, 0.25) is 0 Å². The van der Waals surface area contributed by atoms with Crippen molar-refractivity contribution in [3.63, 3.8) is 0 Å². The first-order chi connectivity index (χ1) is 12.2. The monoisotopic (exact) mass is 326 g/mol. The number of nitro groups is 1. The van der Waals surface area contributed by atoms with Crippen LogP contribution in [0, 0.1) is 21.4 Å². The number of allylic oxidation sites excluding steroid dienone is 3. The van der Waals surface area contributed by atoms with Crippen molar-refractivity contribution >= 4 is 28.1 Å². The number of fused-ring (bicyclic) bond motifs is 1. The Bertz CT molecular complexity index is 1040. The number of nitriles is 1. The number of rotatable bonds is 4. The van der Waals surface area contributed by atoms with Crippen LogP contribution in [0.4, 0.5) is 5.69 Å². The molecule has 0 aliphatic rings. The van der Waals surface area contributed by atoms with Gasteiger partial charge in [-0.15, -0.1) is 0 Å². The Morgan fingerprint density at radius 1 is 1.00 bits per heavy atom. The molecule has 4 heteroatoms. The van der Waals surface area contributed by atoms with Crippen molar-refractivity contribution < 1.29 is 4.92 Å². The van der Waals surface area contributed by atoms with Gasteiger partial charge < -0.3 is 0 Å². The molecule has 0 aromatic heterocycles. The maximum Gasteiger partial charge on any atom is 0.276 e. The minimum Gasteiger partial charge on any atom is -0.258 e. The molecule has 0 N–H and O–H groups in total. The molecule has 0 fully saturated rings. The van der Waals surface area contributed by atoms with Gasteiger partial charge >= 0.3 is 0 Å². The van der Waals surface area contributed by atoms with E-state index in [-0.39, 0.29) is 5.69 Å². The predicted molar refractivity (Wildman–Crippen MR) is 99.7 cm³/mol. The highest BCUT2D eigenvalue weighted by atomic mass is 16.6. The summed E-state index contributed by atoms with van der Waals surface area (Å²) in [6, 6.07) is 22.5. The molecular formula is C21H14N2O2. The van der Waals surface area contributed by atoms with Crippen molar-refractivity contribution in [1.29, 1.82) is 5.26 Å². The SMILES string of the molecule is N#C/C(=C/C=C/c1ccccc1[N+](=O)[O-])c1ccc2ccccc2c1. The fraction of sp³-hybridized carbons (Fsp3) is 0. The van der Waals surface area contributed by atoms with Crippen LogP contribution in [0.2, 0.25) is 0 Å². The molecule has 0 unspecified atom stereocenters. The molecule has 0 atom stereocenters. The average molecular weight is 326 g/mol. The largest absolute Gasteiger partial charge is 0.276 e. The number of hydrogen-bond donors (Lipinski definition) is 0. The van der Waals surface area contributed by atoms with E-state index in [4.69, 9.17) is 0 Å². The summed E-state index contributed by atoms with van der Waals surface area (Å²) < 4.78 is 0. The molecular weight excluding hydrogens is 312 g/mol. The maximum absolute atomic E-state index is 11.0. The van der Waals surface area contributed by atoms with E-state index in [0.29, 0.717) is 11.1 Å². The number of nitrogens with zero attached hydrogens (tertiary/aromatic N) is 2. The van der Waals surface area contributed by atoms with Gasteiger partial charge in [0.1, 0.15) is 0 Å². The summed E-state index contributed by atoms with van der Waals surface area (Å²) in [4.78, 5) is 10.6. The number of nitro benzene ring substituents is 1. The quantitative estimate of drug-likeness (QED) is 0.280. The van der Waals surface area contributed by atoms with Crippen molar-refractivity contribution in [2.24, 2.45) is 0 Å². The van der Waals surface area contributed by atoms with Crippen molar-refractivity contribution in [2.45, 2.75) is 0 Å². The van der Waals surface area contributed by atoms with Crippen LogP contribution in [0.1, 0.15) is 11.1 Å². The third-order valence-electron chi connectivity index (χ3n) is 3.85. The third-order valence-corrected chi connectivity index (χ3v) is 3.85. The van der Waals surface area contributed by atoms with E-state index in [1.165, 1.54) is 6.07 Å². The van der Waals surface area contributed by atoms with Crippen molar-refractivity contribution in [1.82, 2.24) is 0 Å². The summed E-state index contributed by atoms with van der Waals surface area (Å²) in [6.45, 7) is 0. The van der Waals surface area contributed by atoms with Gasteiger partial charge in [0.05, 0.1) is 22.1 Å². The fourth-order valence-corrected chi connectivity index (χ4v) is 2.60. The summed E-state index contributed by atoms with van der Waals surface area (Å²) in [5.41, 5.74) is 1.85. The molecule has 0 spiro atoms. The van der Waals surface area contributed by atoms with Gasteiger partial charge in [0, 0.05) is 6.07 Å². The lowest BCUT2D eigenvalue weighted by Crippen LogP contribution is -1.90. The zero-order chi connectivity index (χ0) is 17.6. The Morgan fingerprint density at radius 3 is 2.48 bits per heavy atom. The summed E-state index contributed by atoms with van der Waals surface area (Å²) in [6.07, 6.45) is 4.97. The van der Waals surface area contributed by atoms with E-state index in [1.807, 2.05) is 42.5 Å². The van der Waals surface area contributed by atoms with E-state index in [2.05, 4.69) is 6.07 Å². The summed E-state index contributed by atoms with van der Waals surface area (Å²) in [7, 11) is 0. The Morgan fingerprint density at radius 2 is 1.72 bits per heavy atom. The maximum atomic E-state index is 11.0. The molecule has 0 radical (unpaired) electrons. The van der Waals surface area contributed by atoms with E-state index in [0.717, 1.165) is 16.3 Å². The molecule has 0 aliphatic carbocycles. The highest BCUT2D eigenvalue weighted by molar-refractivity contribution is 5.89. The van der Waals surface area contributed by atoms with Gasteiger partial charge in [-0.3, -0.25) is 10.1 Å². The molecule has 3 rings (SSSR count). The summed E-state index contributed by atoms with van der Waals surface area (Å²) in [5, 5.41) is 22.6. The predicted octanol–water partition coefficient (Wildman–Crippen LogP) is 5.37. The van der Waals surface area contributed by atoms with Crippen molar-refractivity contribution in [3.8, 4) is 6.07 Å². The van der Waals surface area contributed by atoms with E-state index >= 15 is 0 Å². The zero-order valence-corrected chi connectivity index (χ0v) is 13.3. The highest BCUT2D eigenvalue weighted by Gasteiger charge is 2.08. The molecule has 0 amide bonds. The molecule has 0 heterocycles. The van der Waals surface area contributed by atoms with Gasteiger partial charge in [0.25, 0.3) is 5.69 Å². The molecule has 25 heavy (non-hydrogen) atoms. The first kappa shape index (κ1) is 16.2. The summed E-state index contributed by atoms with van der Waals surface area (Å²) in [5.74, 6) is 0. The number of hydrogen-bond acceptors (Lipinski definition) is 3. The lowest BCUT2D eigenvalue weighted by molar-refractivity contribution is -0.385. The molecule has 3 aromatic carbocycles.